The highest BCUT2D eigenvalue weighted by Crippen LogP contribution is 2.27. The zero-order valence-corrected chi connectivity index (χ0v) is 12.1. The number of anilines is 3. The largest absolute Gasteiger partial charge is 0.455 e. The lowest BCUT2D eigenvalue weighted by Gasteiger charge is -2.11. The van der Waals surface area contributed by atoms with Crippen molar-refractivity contribution in [3.8, 4) is 11.5 Å². The van der Waals surface area contributed by atoms with E-state index in [1.54, 1.807) is 31.6 Å². The number of carbonyl (C=O) groups excluding carboxylic acids is 1. The molecule has 0 fully saturated rings. The molecule has 21 heavy (non-hydrogen) atoms. The quantitative estimate of drug-likeness (QED) is 0.782. The smallest absolute Gasteiger partial charge is 0.222 e. The number of carbonyl (C=O) groups is 1. The molecule has 110 valence electrons. The molecule has 2 aromatic heterocycles. The van der Waals surface area contributed by atoms with E-state index >= 15 is 0 Å². The Morgan fingerprint density at radius 2 is 1.95 bits per heavy atom. The molecule has 0 aliphatic heterocycles. The number of hydrogen-bond donors (Lipinski definition) is 3. The second kappa shape index (κ2) is 6.56. The number of amides is 1. The first kappa shape index (κ1) is 14.6. The molecule has 2 heterocycles. The van der Waals surface area contributed by atoms with Gasteiger partial charge in [-0.3, -0.25) is 4.79 Å². The molecule has 0 saturated carbocycles. The minimum Gasteiger partial charge on any atom is -0.455 e. The van der Waals surface area contributed by atoms with Crippen molar-refractivity contribution in [1.29, 1.82) is 0 Å². The molecule has 0 atom stereocenters. The first-order valence-corrected chi connectivity index (χ1v) is 6.39. The van der Waals surface area contributed by atoms with Crippen LogP contribution in [-0.4, -0.2) is 30.0 Å². The summed E-state index contributed by atoms with van der Waals surface area (Å²) < 4.78 is 5.72. The predicted octanol–water partition coefficient (Wildman–Crippen LogP) is 2.31. The van der Waals surface area contributed by atoms with Gasteiger partial charge in [-0.25, -0.2) is 9.97 Å². The van der Waals surface area contributed by atoms with Gasteiger partial charge in [0.05, 0.1) is 11.9 Å². The molecule has 1 amide bonds. The maximum absolute atomic E-state index is 11.0. The van der Waals surface area contributed by atoms with E-state index in [9.17, 15) is 4.79 Å². The van der Waals surface area contributed by atoms with Gasteiger partial charge in [0.25, 0.3) is 0 Å². The monoisotopic (exact) mass is 287 g/mol. The summed E-state index contributed by atoms with van der Waals surface area (Å²) in [6.45, 7) is 1.43. The van der Waals surface area contributed by atoms with Crippen molar-refractivity contribution in [3.63, 3.8) is 0 Å². The van der Waals surface area contributed by atoms with Crippen LogP contribution in [0.15, 0.2) is 30.6 Å². The summed E-state index contributed by atoms with van der Waals surface area (Å²) in [5.74, 6) is 2.14. The molecule has 0 spiro atoms. The van der Waals surface area contributed by atoms with Crippen LogP contribution in [0.5, 0.6) is 11.5 Å². The summed E-state index contributed by atoms with van der Waals surface area (Å²) in [5, 5.41) is 8.62. The number of pyridine rings is 2. The summed E-state index contributed by atoms with van der Waals surface area (Å²) >= 11 is 0. The molecule has 0 saturated heterocycles. The number of aromatic nitrogens is 2. The van der Waals surface area contributed by atoms with E-state index in [0.717, 1.165) is 11.5 Å². The number of ether oxygens (including phenoxy) is 1. The molecule has 0 aliphatic rings. The second-order valence-electron chi connectivity index (χ2n) is 4.23. The van der Waals surface area contributed by atoms with Gasteiger partial charge < -0.3 is 20.7 Å². The predicted molar refractivity (Wildman–Crippen MR) is 81.9 cm³/mol. The SMILES string of the molecule is CNc1cc(Oc2ccnc(NC(C)=O)c2)cnc1NC. The molecule has 0 unspecified atom stereocenters. The first-order chi connectivity index (χ1) is 10.1. The Kier molecular flexibility index (Phi) is 4.55. The van der Waals surface area contributed by atoms with Crippen molar-refractivity contribution in [1.82, 2.24) is 9.97 Å². The van der Waals surface area contributed by atoms with E-state index < -0.39 is 0 Å². The third kappa shape index (κ3) is 3.82. The van der Waals surface area contributed by atoms with Crippen molar-refractivity contribution in [3.05, 3.63) is 30.6 Å². The molecule has 0 aliphatic carbocycles. The van der Waals surface area contributed by atoms with Gasteiger partial charge in [-0.2, -0.15) is 0 Å². The second-order valence-corrected chi connectivity index (χ2v) is 4.23. The van der Waals surface area contributed by atoms with Gasteiger partial charge in [-0.05, 0) is 6.07 Å². The van der Waals surface area contributed by atoms with Crippen LogP contribution in [0.2, 0.25) is 0 Å². The topological polar surface area (TPSA) is 88.2 Å². The Morgan fingerprint density at radius 1 is 1.14 bits per heavy atom. The number of hydrogen-bond acceptors (Lipinski definition) is 6. The van der Waals surface area contributed by atoms with E-state index in [2.05, 4.69) is 25.9 Å². The number of nitrogens with one attached hydrogen (secondary N) is 3. The lowest BCUT2D eigenvalue weighted by molar-refractivity contribution is -0.114. The zero-order valence-electron chi connectivity index (χ0n) is 12.1. The summed E-state index contributed by atoms with van der Waals surface area (Å²) in [6, 6.07) is 5.18. The molecular formula is C14H17N5O2. The third-order valence-corrected chi connectivity index (χ3v) is 2.64. The summed E-state index contributed by atoms with van der Waals surface area (Å²) in [5.41, 5.74) is 0.825. The highest BCUT2D eigenvalue weighted by molar-refractivity contribution is 5.87. The molecule has 0 aromatic carbocycles. The summed E-state index contributed by atoms with van der Waals surface area (Å²) in [4.78, 5) is 19.3. The Balaban J connectivity index is 2.19. The lowest BCUT2D eigenvalue weighted by Crippen LogP contribution is -2.07. The molecular weight excluding hydrogens is 270 g/mol. The van der Waals surface area contributed by atoms with Crippen LogP contribution >= 0.6 is 0 Å². The van der Waals surface area contributed by atoms with Crippen LogP contribution in [0.3, 0.4) is 0 Å². The van der Waals surface area contributed by atoms with E-state index in [1.807, 2.05) is 13.1 Å². The maximum Gasteiger partial charge on any atom is 0.222 e. The van der Waals surface area contributed by atoms with E-state index in [1.165, 1.54) is 6.92 Å². The molecule has 3 N–H and O–H groups in total. The Morgan fingerprint density at radius 3 is 2.62 bits per heavy atom. The first-order valence-electron chi connectivity index (χ1n) is 6.39. The molecule has 0 radical (unpaired) electrons. The fourth-order valence-electron chi connectivity index (χ4n) is 1.75. The minimum absolute atomic E-state index is 0.183. The average Bonchev–Trinajstić information content (AvgIpc) is 2.46. The number of nitrogens with zero attached hydrogens (tertiary/aromatic N) is 2. The van der Waals surface area contributed by atoms with Crippen LogP contribution in [0.25, 0.3) is 0 Å². The van der Waals surface area contributed by atoms with Gasteiger partial charge >= 0.3 is 0 Å². The van der Waals surface area contributed by atoms with Gasteiger partial charge in [-0.1, -0.05) is 0 Å². The Labute approximate surface area is 122 Å². The van der Waals surface area contributed by atoms with Crippen LogP contribution in [0, 0.1) is 0 Å². The Hall–Kier alpha value is -2.83. The zero-order chi connectivity index (χ0) is 15.2. The van der Waals surface area contributed by atoms with Crippen molar-refractivity contribution in [2.45, 2.75) is 6.92 Å². The van der Waals surface area contributed by atoms with E-state index in [4.69, 9.17) is 4.74 Å². The average molecular weight is 287 g/mol. The van der Waals surface area contributed by atoms with Gasteiger partial charge in [0.2, 0.25) is 5.91 Å². The van der Waals surface area contributed by atoms with Crippen LogP contribution in [-0.2, 0) is 4.79 Å². The fraction of sp³-hybridized carbons (Fsp3) is 0.214. The highest BCUT2D eigenvalue weighted by atomic mass is 16.5. The van der Waals surface area contributed by atoms with Crippen LogP contribution in [0.1, 0.15) is 6.92 Å². The summed E-state index contributed by atoms with van der Waals surface area (Å²) in [7, 11) is 3.61. The normalized spacial score (nSPS) is 9.86. The molecule has 2 rings (SSSR count). The van der Waals surface area contributed by atoms with Crippen LogP contribution in [0.4, 0.5) is 17.3 Å². The molecule has 7 heteroatoms. The van der Waals surface area contributed by atoms with Crippen molar-refractivity contribution in [2.24, 2.45) is 0 Å². The van der Waals surface area contributed by atoms with Gasteiger partial charge in [0, 0.05) is 39.3 Å². The van der Waals surface area contributed by atoms with E-state index in [0.29, 0.717) is 17.3 Å². The van der Waals surface area contributed by atoms with Crippen molar-refractivity contribution < 1.29 is 9.53 Å². The minimum atomic E-state index is -0.183. The molecule has 2 aromatic rings. The van der Waals surface area contributed by atoms with Gasteiger partial charge in [0.1, 0.15) is 23.1 Å². The maximum atomic E-state index is 11.0. The lowest BCUT2D eigenvalue weighted by atomic mass is 10.3. The van der Waals surface area contributed by atoms with Gasteiger partial charge in [0.15, 0.2) is 0 Å². The standard InChI is InChI=1S/C14H17N5O2/c1-9(20)19-13-7-10(4-5-17-13)21-11-6-12(15-2)14(16-3)18-8-11/h4-8,15H,1-3H3,(H,16,18)(H,17,19,20). The fourth-order valence-corrected chi connectivity index (χ4v) is 1.75. The highest BCUT2D eigenvalue weighted by Gasteiger charge is 2.06. The van der Waals surface area contributed by atoms with Crippen molar-refractivity contribution >= 4 is 23.2 Å². The number of rotatable bonds is 5. The van der Waals surface area contributed by atoms with E-state index in [-0.39, 0.29) is 5.91 Å². The molecule has 7 nitrogen and oxygen atoms in total. The van der Waals surface area contributed by atoms with Crippen molar-refractivity contribution in [2.75, 3.05) is 30.0 Å². The van der Waals surface area contributed by atoms with Crippen LogP contribution < -0.4 is 20.7 Å². The van der Waals surface area contributed by atoms with Gasteiger partial charge in [-0.15, -0.1) is 0 Å². The molecule has 0 bridgehead atoms. The Bertz CT molecular complexity index is 645. The third-order valence-electron chi connectivity index (χ3n) is 2.64. The summed E-state index contributed by atoms with van der Waals surface area (Å²) in [6.07, 6.45) is 3.18.